The third-order valence-electron chi connectivity index (χ3n) is 2.75. The number of rotatable bonds is 2. The van der Waals surface area contributed by atoms with Crippen LogP contribution in [0.25, 0.3) is 0 Å². The van der Waals surface area contributed by atoms with Crippen molar-refractivity contribution in [2.45, 2.75) is 33.3 Å². The number of esters is 2. The predicted octanol–water partition coefficient (Wildman–Crippen LogP) is 1.14. The Morgan fingerprint density at radius 2 is 2.14 bits per heavy atom. The minimum atomic E-state index is -0.759. The minimum absolute atomic E-state index is 0.144. The van der Waals surface area contributed by atoms with Crippen LogP contribution in [0.3, 0.4) is 0 Å². The van der Waals surface area contributed by atoms with Crippen LogP contribution in [0.4, 0.5) is 0 Å². The zero-order valence-corrected chi connectivity index (χ0v) is 8.99. The molecule has 1 rings (SSSR count). The van der Waals surface area contributed by atoms with E-state index < -0.39 is 23.5 Å². The monoisotopic (exact) mass is 200 g/mol. The Bertz CT molecular complexity index is 257. The molecule has 0 aromatic carbocycles. The van der Waals surface area contributed by atoms with Gasteiger partial charge in [-0.3, -0.25) is 9.59 Å². The molecule has 0 aromatic rings. The van der Waals surface area contributed by atoms with Gasteiger partial charge in [0.1, 0.15) is 5.60 Å². The average molecular weight is 200 g/mol. The molecule has 0 radical (unpaired) electrons. The Morgan fingerprint density at radius 3 is 2.50 bits per heavy atom. The summed E-state index contributed by atoms with van der Waals surface area (Å²) in [5.41, 5.74) is -0.575. The lowest BCUT2D eigenvalue weighted by atomic mass is 9.85. The molecule has 0 N–H and O–H groups in total. The van der Waals surface area contributed by atoms with Crippen molar-refractivity contribution in [3.63, 3.8) is 0 Å². The average Bonchev–Trinajstić information content (AvgIpc) is 2.22. The van der Waals surface area contributed by atoms with Gasteiger partial charge in [0.15, 0.2) is 5.92 Å². The lowest BCUT2D eigenvalue weighted by molar-refractivity contribution is -0.157. The van der Waals surface area contributed by atoms with Crippen molar-refractivity contribution in [1.82, 2.24) is 0 Å². The Kier molecular flexibility index (Phi) is 2.83. The van der Waals surface area contributed by atoms with Crippen molar-refractivity contribution < 1.29 is 19.1 Å². The highest BCUT2D eigenvalue weighted by Crippen LogP contribution is 2.37. The number of cyclic esters (lactones) is 1. The lowest BCUT2D eigenvalue weighted by Crippen LogP contribution is -2.31. The highest BCUT2D eigenvalue weighted by Gasteiger charge is 2.51. The number of carbonyl (C=O) groups excluding carboxylic acids is 2. The van der Waals surface area contributed by atoms with Gasteiger partial charge in [0.05, 0.1) is 6.61 Å². The molecule has 1 heterocycles. The third kappa shape index (κ3) is 1.74. The molecular weight excluding hydrogens is 184 g/mol. The molecule has 1 fully saturated rings. The van der Waals surface area contributed by atoms with Gasteiger partial charge in [0, 0.05) is 5.92 Å². The standard InChI is InChI=1S/C10H16O4/c1-5-13-8(11)7-6(2)10(3,4)14-9(7)12/h6-7H,5H2,1-4H3/t6-,7+/m1/s1. The van der Waals surface area contributed by atoms with Gasteiger partial charge in [-0.05, 0) is 20.8 Å². The van der Waals surface area contributed by atoms with Crippen molar-refractivity contribution in [2.75, 3.05) is 6.61 Å². The van der Waals surface area contributed by atoms with Gasteiger partial charge in [-0.1, -0.05) is 6.92 Å². The van der Waals surface area contributed by atoms with Gasteiger partial charge < -0.3 is 9.47 Å². The molecule has 2 atom stereocenters. The Labute approximate surface area is 83.6 Å². The van der Waals surface area contributed by atoms with Crippen LogP contribution in [0.15, 0.2) is 0 Å². The number of hydrogen-bond donors (Lipinski definition) is 0. The van der Waals surface area contributed by atoms with E-state index in [2.05, 4.69) is 0 Å². The van der Waals surface area contributed by atoms with E-state index in [9.17, 15) is 9.59 Å². The molecule has 1 aliphatic rings. The van der Waals surface area contributed by atoms with Crippen LogP contribution in [0.5, 0.6) is 0 Å². The fraction of sp³-hybridized carbons (Fsp3) is 0.800. The Hall–Kier alpha value is -1.06. The maximum atomic E-state index is 11.4. The van der Waals surface area contributed by atoms with E-state index in [1.807, 2.05) is 6.92 Å². The van der Waals surface area contributed by atoms with Crippen LogP contribution >= 0.6 is 0 Å². The zero-order valence-electron chi connectivity index (χ0n) is 8.99. The molecule has 0 spiro atoms. The van der Waals surface area contributed by atoms with Gasteiger partial charge in [-0.25, -0.2) is 0 Å². The summed E-state index contributed by atoms with van der Waals surface area (Å²) >= 11 is 0. The molecule has 0 bridgehead atoms. The largest absolute Gasteiger partial charge is 0.465 e. The number of hydrogen-bond acceptors (Lipinski definition) is 4. The van der Waals surface area contributed by atoms with Crippen molar-refractivity contribution in [2.24, 2.45) is 11.8 Å². The molecule has 0 aliphatic carbocycles. The molecule has 80 valence electrons. The molecule has 1 saturated heterocycles. The normalized spacial score (nSPS) is 29.9. The summed E-state index contributed by atoms with van der Waals surface area (Å²) in [4.78, 5) is 22.8. The fourth-order valence-corrected chi connectivity index (χ4v) is 1.55. The second kappa shape index (κ2) is 3.59. The van der Waals surface area contributed by atoms with E-state index in [-0.39, 0.29) is 12.5 Å². The Balaban J connectivity index is 2.80. The molecule has 0 aromatic heterocycles. The minimum Gasteiger partial charge on any atom is -0.465 e. The van der Waals surface area contributed by atoms with Crippen LogP contribution in [0, 0.1) is 11.8 Å². The van der Waals surface area contributed by atoms with Crippen LogP contribution < -0.4 is 0 Å². The first kappa shape index (κ1) is 11.0. The van der Waals surface area contributed by atoms with Gasteiger partial charge in [-0.15, -0.1) is 0 Å². The highest BCUT2D eigenvalue weighted by molar-refractivity contribution is 5.97. The SMILES string of the molecule is CCOC(=O)[C@H]1C(=O)OC(C)(C)[C@@H]1C. The summed E-state index contributed by atoms with van der Waals surface area (Å²) in [5, 5.41) is 0. The van der Waals surface area contributed by atoms with E-state index in [4.69, 9.17) is 9.47 Å². The molecule has 0 amide bonds. The van der Waals surface area contributed by atoms with Gasteiger partial charge in [-0.2, -0.15) is 0 Å². The summed E-state index contributed by atoms with van der Waals surface area (Å²) < 4.78 is 9.92. The molecule has 1 aliphatic heterocycles. The molecule has 0 saturated carbocycles. The zero-order chi connectivity index (χ0) is 10.9. The van der Waals surface area contributed by atoms with Crippen LogP contribution in [0.2, 0.25) is 0 Å². The second-order valence-electron chi connectivity index (χ2n) is 4.04. The van der Waals surface area contributed by atoms with E-state index in [0.717, 1.165) is 0 Å². The first-order chi connectivity index (χ1) is 6.40. The summed E-state index contributed by atoms with van der Waals surface area (Å²) in [5.74, 6) is -1.85. The maximum Gasteiger partial charge on any atom is 0.321 e. The fourth-order valence-electron chi connectivity index (χ4n) is 1.55. The molecule has 4 nitrogen and oxygen atoms in total. The van der Waals surface area contributed by atoms with Crippen molar-refractivity contribution >= 4 is 11.9 Å². The number of ether oxygens (including phenoxy) is 2. The quantitative estimate of drug-likeness (QED) is 0.495. The van der Waals surface area contributed by atoms with Gasteiger partial charge in [0.25, 0.3) is 0 Å². The summed E-state index contributed by atoms with van der Waals surface area (Å²) in [6.07, 6.45) is 0. The summed E-state index contributed by atoms with van der Waals surface area (Å²) in [6, 6.07) is 0. The Morgan fingerprint density at radius 1 is 1.57 bits per heavy atom. The van der Waals surface area contributed by atoms with Crippen molar-refractivity contribution in [1.29, 1.82) is 0 Å². The smallest absolute Gasteiger partial charge is 0.321 e. The van der Waals surface area contributed by atoms with Gasteiger partial charge in [0.2, 0.25) is 0 Å². The third-order valence-corrected chi connectivity index (χ3v) is 2.75. The van der Waals surface area contributed by atoms with Crippen molar-refractivity contribution in [3.05, 3.63) is 0 Å². The van der Waals surface area contributed by atoms with Crippen LogP contribution in [0.1, 0.15) is 27.7 Å². The molecule has 14 heavy (non-hydrogen) atoms. The predicted molar refractivity (Wildman–Crippen MR) is 49.5 cm³/mol. The molecular formula is C10H16O4. The van der Waals surface area contributed by atoms with Gasteiger partial charge >= 0.3 is 11.9 Å². The van der Waals surface area contributed by atoms with E-state index in [1.54, 1.807) is 20.8 Å². The van der Waals surface area contributed by atoms with Crippen LogP contribution in [-0.4, -0.2) is 24.1 Å². The first-order valence-corrected chi connectivity index (χ1v) is 4.79. The lowest BCUT2D eigenvalue weighted by Gasteiger charge is -2.22. The number of carbonyl (C=O) groups is 2. The first-order valence-electron chi connectivity index (χ1n) is 4.79. The highest BCUT2D eigenvalue weighted by atomic mass is 16.6. The van der Waals surface area contributed by atoms with Crippen LogP contribution in [-0.2, 0) is 19.1 Å². The second-order valence-corrected chi connectivity index (χ2v) is 4.04. The van der Waals surface area contributed by atoms with Crippen molar-refractivity contribution in [3.8, 4) is 0 Å². The van der Waals surface area contributed by atoms with E-state index >= 15 is 0 Å². The topological polar surface area (TPSA) is 52.6 Å². The van der Waals surface area contributed by atoms with E-state index in [0.29, 0.717) is 0 Å². The molecule has 4 heteroatoms. The molecule has 0 unspecified atom stereocenters. The summed E-state index contributed by atoms with van der Waals surface area (Å²) in [7, 11) is 0. The maximum absolute atomic E-state index is 11.4. The summed E-state index contributed by atoms with van der Waals surface area (Å²) in [6.45, 7) is 7.43. The van der Waals surface area contributed by atoms with E-state index in [1.165, 1.54) is 0 Å².